The molecule has 1 amide bonds. The van der Waals surface area contributed by atoms with E-state index in [1.807, 2.05) is 12.1 Å². The maximum Gasteiger partial charge on any atom is 0.258 e. The van der Waals surface area contributed by atoms with Crippen molar-refractivity contribution in [2.24, 2.45) is 0 Å². The molecule has 1 N–H and O–H groups in total. The zero-order valence-electron chi connectivity index (χ0n) is 9.23. The van der Waals surface area contributed by atoms with E-state index in [1.54, 1.807) is 19.2 Å². The molecule has 0 spiro atoms. The van der Waals surface area contributed by atoms with Gasteiger partial charge in [-0.15, -0.1) is 0 Å². The van der Waals surface area contributed by atoms with Gasteiger partial charge in [-0.1, -0.05) is 12.1 Å². The summed E-state index contributed by atoms with van der Waals surface area (Å²) in [5.74, 6) is 1.16. The van der Waals surface area contributed by atoms with Gasteiger partial charge in [-0.3, -0.25) is 4.79 Å². The Morgan fingerprint density at radius 3 is 2.69 bits per heavy atom. The molecule has 0 atom stereocenters. The van der Waals surface area contributed by atoms with E-state index in [0.717, 1.165) is 12.8 Å². The van der Waals surface area contributed by atoms with E-state index >= 15 is 0 Å². The van der Waals surface area contributed by atoms with Crippen LogP contribution in [0.5, 0.6) is 11.5 Å². The number of benzene rings is 1. The van der Waals surface area contributed by atoms with E-state index in [4.69, 9.17) is 9.47 Å². The fourth-order valence-corrected chi connectivity index (χ4v) is 1.38. The highest BCUT2D eigenvalue weighted by Crippen LogP contribution is 2.25. The molecule has 0 unspecified atom stereocenters. The predicted octanol–water partition coefficient (Wildman–Crippen LogP) is 1.35. The third-order valence-corrected chi connectivity index (χ3v) is 2.37. The van der Waals surface area contributed by atoms with Crippen molar-refractivity contribution >= 4 is 5.91 Å². The van der Waals surface area contributed by atoms with Crippen LogP contribution >= 0.6 is 0 Å². The number of para-hydroxylation sites is 2. The van der Waals surface area contributed by atoms with Gasteiger partial charge < -0.3 is 14.8 Å². The van der Waals surface area contributed by atoms with Gasteiger partial charge in [-0.05, 0) is 25.0 Å². The summed E-state index contributed by atoms with van der Waals surface area (Å²) in [6.45, 7) is 0.0386. The van der Waals surface area contributed by atoms with Crippen LogP contribution in [0.1, 0.15) is 12.8 Å². The minimum absolute atomic E-state index is 0.0386. The van der Waals surface area contributed by atoms with Gasteiger partial charge in [-0.2, -0.15) is 0 Å². The molecule has 1 aromatic rings. The van der Waals surface area contributed by atoms with Crippen molar-refractivity contribution < 1.29 is 14.3 Å². The molecule has 0 aliphatic heterocycles. The van der Waals surface area contributed by atoms with Crippen molar-refractivity contribution in [3.8, 4) is 11.5 Å². The summed E-state index contributed by atoms with van der Waals surface area (Å²) < 4.78 is 10.5. The van der Waals surface area contributed by atoms with Crippen LogP contribution in [-0.4, -0.2) is 25.7 Å². The lowest BCUT2D eigenvalue weighted by atomic mass is 10.3. The minimum atomic E-state index is -0.0755. The molecular formula is C12H15NO3. The van der Waals surface area contributed by atoms with Crippen LogP contribution in [0.25, 0.3) is 0 Å². The van der Waals surface area contributed by atoms with Crippen molar-refractivity contribution in [3.63, 3.8) is 0 Å². The summed E-state index contributed by atoms with van der Waals surface area (Å²) in [6, 6.07) is 7.65. The zero-order valence-corrected chi connectivity index (χ0v) is 9.23. The van der Waals surface area contributed by atoms with E-state index < -0.39 is 0 Å². The first-order chi connectivity index (χ1) is 7.79. The average Bonchev–Trinajstić information content (AvgIpc) is 3.10. The third kappa shape index (κ3) is 2.89. The molecule has 0 saturated heterocycles. The molecule has 86 valence electrons. The van der Waals surface area contributed by atoms with Crippen molar-refractivity contribution in [2.45, 2.75) is 18.9 Å². The van der Waals surface area contributed by atoms with Gasteiger partial charge in [0.2, 0.25) is 0 Å². The number of ether oxygens (including phenoxy) is 2. The monoisotopic (exact) mass is 221 g/mol. The van der Waals surface area contributed by atoms with Crippen molar-refractivity contribution in [1.29, 1.82) is 0 Å². The van der Waals surface area contributed by atoms with Crippen molar-refractivity contribution in [1.82, 2.24) is 5.32 Å². The number of methoxy groups -OCH3 is 1. The molecule has 4 heteroatoms. The number of hydrogen-bond acceptors (Lipinski definition) is 3. The first-order valence-electron chi connectivity index (χ1n) is 5.35. The molecule has 0 heterocycles. The molecule has 1 aromatic carbocycles. The van der Waals surface area contributed by atoms with Gasteiger partial charge in [0.05, 0.1) is 7.11 Å². The molecule has 4 nitrogen and oxygen atoms in total. The number of amides is 1. The Labute approximate surface area is 94.6 Å². The van der Waals surface area contributed by atoms with Crippen LogP contribution in [0, 0.1) is 0 Å². The van der Waals surface area contributed by atoms with Crippen LogP contribution in [0.4, 0.5) is 0 Å². The number of carbonyl (C=O) groups excluding carboxylic acids is 1. The van der Waals surface area contributed by atoms with Gasteiger partial charge in [0.1, 0.15) is 0 Å². The van der Waals surface area contributed by atoms with Gasteiger partial charge in [0.15, 0.2) is 18.1 Å². The first kappa shape index (κ1) is 10.8. The number of hydrogen-bond donors (Lipinski definition) is 1. The average molecular weight is 221 g/mol. The Morgan fingerprint density at radius 1 is 1.38 bits per heavy atom. The van der Waals surface area contributed by atoms with Crippen LogP contribution in [0.3, 0.4) is 0 Å². The lowest BCUT2D eigenvalue weighted by Crippen LogP contribution is -2.30. The fraction of sp³-hybridized carbons (Fsp3) is 0.417. The third-order valence-electron chi connectivity index (χ3n) is 2.37. The summed E-state index contributed by atoms with van der Waals surface area (Å²) in [7, 11) is 1.58. The van der Waals surface area contributed by atoms with Gasteiger partial charge in [0.25, 0.3) is 5.91 Å². The maximum atomic E-state index is 11.4. The lowest BCUT2D eigenvalue weighted by Gasteiger charge is -2.09. The van der Waals surface area contributed by atoms with Crippen molar-refractivity contribution in [2.75, 3.05) is 13.7 Å². The summed E-state index contributed by atoms with van der Waals surface area (Å²) in [4.78, 5) is 11.4. The normalized spacial score (nSPS) is 14.3. The second kappa shape index (κ2) is 4.88. The highest BCUT2D eigenvalue weighted by Gasteiger charge is 2.23. The predicted molar refractivity (Wildman–Crippen MR) is 59.7 cm³/mol. The van der Waals surface area contributed by atoms with Crippen LogP contribution in [0.15, 0.2) is 24.3 Å². The number of carbonyl (C=O) groups is 1. The van der Waals surface area contributed by atoms with Gasteiger partial charge >= 0.3 is 0 Å². The van der Waals surface area contributed by atoms with E-state index in [-0.39, 0.29) is 12.5 Å². The molecule has 1 aliphatic rings. The van der Waals surface area contributed by atoms with Gasteiger partial charge in [0, 0.05) is 6.04 Å². The van der Waals surface area contributed by atoms with E-state index in [1.165, 1.54) is 0 Å². The van der Waals surface area contributed by atoms with Crippen LogP contribution < -0.4 is 14.8 Å². The van der Waals surface area contributed by atoms with Crippen LogP contribution in [-0.2, 0) is 4.79 Å². The highest BCUT2D eigenvalue weighted by molar-refractivity contribution is 5.78. The molecule has 1 fully saturated rings. The van der Waals surface area contributed by atoms with Crippen LogP contribution in [0.2, 0.25) is 0 Å². The molecule has 0 bridgehead atoms. The molecule has 0 radical (unpaired) electrons. The topological polar surface area (TPSA) is 47.6 Å². The van der Waals surface area contributed by atoms with E-state index in [0.29, 0.717) is 17.5 Å². The highest BCUT2D eigenvalue weighted by atomic mass is 16.5. The second-order valence-electron chi connectivity index (χ2n) is 3.78. The minimum Gasteiger partial charge on any atom is -0.493 e. The van der Waals surface area contributed by atoms with Crippen molar-refractivity contribution in [3.05, 3.63) is 24.3 Å². The number of nitrogens with one attached hydrogen (secondary N) is 1. The standard InChI is InChI=1S/C12H15NO3/c1-15-10-4-2-3-5-11(10)16-8-12(14)13-9-6-7-9/h2-5,9H,6-8H2,1H3,(H,13,14). The Hall–Kier alpha value is -1.71. The quantitative estimate of drug-likeness (QED) is 0.816. The zero-order chi connectivity index (χ0) is 11.4. The number of rotatable bonds is 5. The Balaban J connectivity index is 1.85. The molecule has 0 aromatic heterocycles. The first-order valence-corrected chi connectivity index (χ1v) is 5.35. The smallest absolute Gasteiger partial charge is 0.258 e. The summed E-state index contributed by atoms with van der Waals surface area (Å²) in [5, 5.41) is 2.86. The fourth-order valence-electron chi connectivity index (χ4n) is 1.38. The summed E-state index contributed by atoms with van der Waals surface area (Å²) in [5.41, 5.74) is 0. The lowest BCUT2D eigenvalue weighted by molar-refractivity contribution is -0.123. The maximum absolute atomic E-state index is 11.4. The van der Waals surface area contributed by atoms with E-state index in [2.05, 4.69) is 5.32 Å². The summed E-state index contributed by atoms with van der Waals surface area (Å²) in [6.07, 6.45) is 2.17. The molecular weight excluding hydrogens is 206 g/mol. The molecule has 1 saturated carbocycles. The Kier molecular flexibility index (Phi) is 3.29. The summed E-state index contributed by atoms with van der Waals surface area (Å²) >= 11 is 0. The Morgan fingerprint density at radius 2 is 2.06 bits per heavy atom. The SMILES string of the molecule is COc1ccccc1OCC(=O)NC1CC1. The second-order valence-corrected chi connectivity index (χ2v) is 3.78. The largest absolute Gasteiger partial charge is 0.493 e. The van der Waals surface area contributed by atoms with E-state index in [9.17, 15) is 4.79 Å². The van der Waals surface area contributed by atoms with Gasteiger partial charge in [-0.25, -0.2) is 0 Å². The molecule has 16 heavy (non-hydrogen) atoms. The Bertz CT molecular complexity index is 374. The molecule has 1 aliphatic carbocycles. The molecule has 2 rings (SSSR count).